The highest BCUT2D eigenvalue weighted by molar-refractivity contribution is 7.91. The second-order valence-corrected chi connectivity index (χ2v) is 8.43. The molecule has 2 atom stereocenters. The zero-order chi connectivity index (χ0) is 13.1. The van der Waals surface area contributed by atoms with E-state index in [-0.39, 0.29) is 23.6 Å². The van der Waals surface area contributed by atoms with Gasteiger partial charge in [0.05, 0.1) is 29.3 Å². The molecule has 0 aliphatic carbocycles. The van der Waals surface area contributed by atoms with Crippen LogP contribution in [0.1, 0.15) is 10.6 Å². The summed E-state index contributed by atoms with van der Waals surface area (Å²) in [5.41, 5.74) is 0.974. The summed E-state index contributed by atoms with van der Waals surface area (Å²) in [7, 11) is -2.96. The van der Waals surface area contributed by atoms with Crippen LogP contribution in [0.3, 0.4) is 0 Å². The molecular formula is C10H13N3O2S3. The summed E-state index contributed by atoms with van der Waals surface area (Å²) >= 11 is 6.85. The molecule has 2 saturated heterocycles. The molecule has 2 fully saturated rings. The molecule has 18 heavy (non-hydrogen) atoms. The number of rotatable bonds is 1. The fourth-order valence-electron chi connectivity index (χ4n) is 2.39. The van der Waals surface area contributed by atoms with E-state index >= 15 is 0 Å². The number of sulfone groups is 1. The van der Waals surface area contributed by atoms with Crippen LogP contribution >= 0.6 is 23.6 Å². The highest BCUT2D eigenvalue weighted by Gasteiger charge is 2.48. The third-order valence-corrected chi connectivity index (χ3v) is 6.51. The summed E-state index contributed by atoms with van der Waals surface area (Å²) in [4.78, 5) is 7.48. The number of nitrogens with zero attached hydrogens (tertiary/aromatic N) is 2. The molecule has 1 aromatic rings. The van der Waals surface area contributed by atoms with Gasteiger partial charge in [-0.3, -0.25) is 4.90 Å². The molecule has 3 heterocycles. The molecule has 0 bridgehead atoms. The number of fused-ring (bicyclic) bond motifs is 1. The van der Waals surface area contributed by atoms with Crippen LogP contribution in [0.2, 0.25) is 0 Å². The lowest BCUT2D eigenvalue weighted by Gasteiger charge is -2.19. The average molecular weight is 303 g/mol. The number of thiocarbonyl (C=S) groups is 1. The van der Waals surface area contributed by atoms with Crippen LogP contribution in [0, 0.1) is 13.8 Å². The van der Waals surface area contributed by atoms with Gasteiger partial charge in [0, 0.05) is 4.88 Å². The van der Waals surface area contributed by atoms with Gasteiger partial charge in [-0.2, -0.15) is 0 Å². The van der Waals surface area contributed by atoms with Gasteiger partial charge in [-0.1, -0.05) is 0 Å². The molecule has 0 aromatic carbocycles. The fourth-order valence-corrected chi connectivity index (χ4v) is 5.68. The van der Waals surface area contributed by atoms with Crippen LogP contribution in [-0.4, -0.2) is 42.1 Å². The average Bonchev–Trinajstić information content (AvgIpc) is 2.77. The highest BCUT2D eigenvalue weighted by Crippen LogP contribution is 2.33. The zero-order valence-electron chi connectivity index (χ0n) is 10.0. The van der Waals surface area contributed by atoms with Gasteiger partial charge in [0.15, 0.2) is 20.1 Å². The summed E-state index contributed by atoms with van der Waals surface area (Å²) in [6.45, 7) is 3.96. The van der Waals surface area contributed by atoms with E-state index in [2.05, 4.69) is 10.3 Å². The zero-order valence-corrected chi connectivity index (χ0v) is 12.5. The molecular weight excluding hydrogens is 290 g/mol. The van der Waals surface area contributed by atoms with E-state index in [0.717, 1.165) is 15.7 Å². The van der Waals surface area contributed by atoms with E-state index in [1.54, 1.807) is 11.3 Å². The smallest absolute Gasteiger partial charge is 0.192 e. The molecule has 0 amide bonds. The van der Waals surface area contributed by atoms with E-state index in [1.165, 1.54) is 0 Å². The van der Waals surface area contributed by atoms with Gasteiger partial charge >= 0.3 is 0 Å². The van der Waals surface area contributed by atoms with Crippen molar-refractivity contribution in [3.63, 3.8) is 0 Å². The van der Waals surface area contributed by atoms with E-state index in [4.69, 9.17) is 12.2 Å². The lowest BCUT2D eigenvalue weighted by atomic mass is 10.2. The molecule has 0 radical (unpaired) electrons. The Morgan fingerprint density at radius 2 is 2.17 bits per heavy atom. The van der Waals surface area contributed by atoms with Crippen LogP contribution < -0.4 is 10.2 Å². The molecule has 8 heteroatoms. The third kappa shape index (κ3) is 1.83. The summed E-state index contributed by atoms with van der Waals surface area (Å²) in [6, 6.07) is -0.195. The molecule has 2 aliphatic heterocycles. The van der Waals surface area contributed by atoms with Gasteiger partial charge in [-0.25, -0.2) is 13.4 Å². The van der Waals surface area contributed by atoms with E-state index in [0.29, 0.717) is 5.11 Å². The van der Waals surface area contributed by atoms with Crippen LogP contribution in [0.25, 0.3) is 0 Å². The molecule has 0 spiro atoms. The van der Waals surface area contributed by atoms with Crippen molar-refractivity contribution in [2.24, 2.45) is 0 Å². The maximum Gasteiger partial charge on any atom is 0.192 e. The van der Waals surface area contributed by atoms with Gasteiger partial charge < -0.3 is 5.32 Å². The summed E-state index contributed by atoms with van der Waals surface area (Å²) < 4.78 is 23.3. The van der Waals surface area contributed by atoms with Crippen molar-refractivity contribution in [2.75, 3.05) is 16.4 Å². The number of anilines is 1. The van der Waals surface area contributed by atoms with Crippen molar-refractivity contribution in [3.05, 3.63) is 10.6 Å². The minimum atomic E-state index is -2.96. The van der Waals surface area contributed by atoms with Gasteiger partial charge in [0.2, 0.25) is 0 Å². The van der Waals surface area contributed by atoms with Crippen LogP contribution in [-0.2, 0) is 9.84 Å². The Balaban J connectivity index is 1.99. The first-order valence-corrected chi connectivity index (χ1v) is 8.66. The molecule has 0 unspecified atom stereocenters. The number of hydrogen-bond acceptors (Lipinski definition) is 5. The van der Waals surface area contributed by atoms with E-state index in [1.807, 2.05) is 18.7 Å². The Morgan fingerprint density at radius 3 is 2.78 bits per heavy atom. The van der Waals surface area contributed by atoms with Crippen LogP contribution in [0.4, 0.5) is 5.13 Å². The number of nitrogens with one attached hydrogen (secondary N) is 1. The third-order valence-electron chi connectivity index (χ3n) is 3.41. The molecule has 0 saturated carbocycles. The Hall–Kier alpha value is -0.730. The molecule has 1 aromatic heterocycles. The van der Waals surface area contributed by atoms with Gasteiger partial charge in [-0.15, -0.1) is 11.3 Å². The second-order valence-electron chi connectivity index (χ2n) is 4.71. The Kier molecular flexibility index (Phi) is 2.65. The molecule has 2 aliphatic rings. The Morgan fingerprint density at radius 1 is 1.44 bits per heavy atom. The molecule has 98 valence electrons. The number of thiazole rings is 1. The largest absolute Gasteiger partial charge is 0.356 e. The minimum Gasteiger partial charge on any atom is -0.356 e. The van der Waals surface area contributed by atoms with Crippen LogP contribution in [0.5, 0.6) is 0 Å². The first kappa shape index (κ1) is 12.3. The normalized spacial score (nSPS) is 29.4. The monoisotopic (exact) mass is 303 g/mol. The van der Waals surface area contributed by atoms with E-state index < -0.39 is 9.84 Å². The molecule has 5 nitrogen and oxygen atoms in total. The van der Waals surface area contributed by atoms with Crippen molar-refractivity contribution in [1.82, 2.24) is 10.3 Å². The van der Waals surface area contributed by atoms with E-state index in [9.17, 15) is 8.42 Å². The van der Waals surface area contributed by atoms with Crippen molar-refractivity contribution >= 4 is 43.6 Å². The Labute approximate surface area is 115 Å². The lowest BCUT2D eigenvalue weighted by molar-refractivity contribution is 0.600. The first-order chi connectivity index (χ1) is 8.37. The lowest BCUT2D eigenvalue weighted by Crippen LogP contribution is -2.36. The number of aryl methyl sites for hydroxylation is 2. The van der Waals surface area contributed by atoms with Gasteiger partial charge in [0.1, 0.15) is 0 Å². The van der Waals surface area contributed by atoms with Crippen molar-refractivity contribution < 1.29 is 8.42 Å². The van der Waals surface area contributed by atoms with Crippen molar-refractivity contribution in [3.8, 4) is 0 Å². The topological polar surface area (TPSA) is 62.3 Å². The highest BCUT2D eigenvalue weighted by atomic mass is 32.2. The molecule has 1 N–H and O–H groups in total. The predicted molar refractivity (Wildman–Crippen MR) is 76.0 cm³/mol. The van der Waals surface area contributed by atoms with Crippen molar-refractivity contribution in [1.29, 1.82) is 0 Å². The maximum atomic E-state index is 11.7. The quantitative estimate of drug-likeness (QED) is 0.768. The first-order valence-electron chi connectivity index (χ1n) is 5.61. The fraction of sp³-hybridized carbons (Fsp3) is 0.600. The number of hydrogen-bond donors (Lipinski definition) is 1. The second kappa shape index (κ2) is 3.88. The van der Waals surface area contributed by atoms with Crippen molar-refractivity contribution in [2.45, 2.75) is 25.9 Å². The van der Waals surface area contributed by atoms with Gasteiger partial charge in [-0.05, 0) is 26.1 Å². The maximum absolute atomic E-state index is 11.7. The predicted octanol–water partition coefficient (Wildman–Crippen LogP) is 0.620. The van der Waals surface area contributed by atoms with Gasteiger partial charge in [0.25, 0.3) is 0 Å². The summed E-state index contributed by atoms with van der Waals surface area (Å²) in [6.07, 6.45) is 0. The standard InChI is InChI=1S/C10H13N3O2S3/c1-5-6(2)17-10(11-5)13-8-4-18(14,15)3-7(8)12-9(13)16/h7-8H,3-4H2,1-2H3,(H,12,16)/t7-,8+/m1/s1. The summed E-state index contributed by atoms with van der Waals surface area (Å²) in [5.74, 6) is 0.320. The minimum absolute atomic E-state index is 0.0907. The molecule has 3 rings (SSSR count). The SMILES string of the molecule is Cc1nc(N2C(=S)N[C@@H]3CS(=O)(=O)C[C@@H]32)sc1C. The van der Waals surface area contributed by atoms with Crippen LogP contribution in [0.15, 0.2) is 0 Å². The summed E-state index contributed by atoms with van der Waals surface area (Å²) in [5, 5.41) is 4.48. The Bertz CT molecular complexity index is 603. The number of aromatic nitrogens is 1.